The average Bonchev–Trinajstić information content (AvgIpc) is 2.52. The minimum Gasteiger partial charge on any atom is -0.264 e. The molecule has 2 heterocycles. The highest BCUT2D eigenvalue weighted by Gasteiger charge is 2.02. The number of aryl methyl sites for hydroxylation is 1. The lowest BCUT2D eigenvalue weighted by atomic mass is 10.2. The highest BCUT2D eigenvalue weighted by Crippen LogP contribution is 2.25. The van der Waals surface area contributed by atoms with Crippen LogP contribution in [0.1, 0.15) is 5.56 Å². The van der Waals surface area contributed by atoms with Crippen molar-refractivity contribution in [3.8, 4) is 10.6 Å². The second kappa shape index (κ2) is 3.44. The molecule has 0 amide bonds. The van der Waals surface area contributed by atoms with E-state index in [0.717, 1.165) is 16.1 Å². The zero-order valence-corrected chi connectivity index (χ0v) is 8.56. The Labute approximate surface area is 85.2 Å². The summed E-state index contributed by atoms with van der Waals surface area (Å²) < 4.78 is 0. The number of halogens is 1. The van der Waals surface area contributed by atoms with Crippen molar-refractivity contribution < 1.29 is 0 Å². The Kier molecular flexibility index (Phi) is 2.29. The molecule has 0 unspecified atom stereocenters. The van der Waals surface area contributed by atoms with Crippen molar-refractivity contribution in [2.24, 2.45) is 0 Å². The molecule has 2 aromatic heterocycles. The molecule has 0 fully saturated rings. The van der Waals surface area contributed by atoms with E-state index < -0.39 is 0 Å². The van der Waals surface area contributed by atoms with Crippen LogP contribution >= 0.6 is 22.9 Å². The van der Waals surface area contributed by atoms with Gasteiger partial charge in [0.25, 0.3) is 0 Å². The third-order valence-electron chi connectivity index (χ3n) is 1.60. The Morgan fingerprint density at radius 2 is 2.23 bits per heavy atom. The van der Waals surface area contributed by atoms with E-state index in [0.29, 0.717) is 5.15 Å². The summed E-state index contributed by atoms with van der Waals surface area (Å²) in [7, 11) is 0. The largest absolute Gasteiger partial charge is 0.264 e. The standard InChI is InChI=1S/C9H7ClN2S/c1-6-2-7(4-11-3-6)9-12-8(10)5-13-9/h2-5H,1H3. The van der Waals surface area contributed by atoms with Crippen molar-refractivity contribution in [1.82, 2.24) is 9.97 Å². The maximum Gasteiger partial charge on any atom is 0.140 e. The van der Waals surface area contributed by atoms with E-state index in [1.807, 2.05) is 24.6 Å². The van der Waals surface area contributed by atoms with Crippen LogP contribution in [0.15, 0.2) is 23.8 Å². The monoisotopic (exact) mass is 210 g/mol. The number of nitrogens with zero attached hydrogens (tertiary/aromatic N) is 2. The van der Waals surface area contributed by atoms with Gasteiger partial charge in [0.15, 0.2) is 0 Å². The molecule has 0 aromatic carbocycles. The lowest BCUT2D eigenvalue weighted by molar-refractivity contribution is 1.26. The summed E-state index contributed by atoms with van der Waals surface area (Å²) in [4.78, 5) is 8.26. The van der Waals surface area contributed by atoms with Gasteiger partial charge >= 0.3 is 0 Å². The van der Waals surface area contributed by atoms with Crippen LogP contribution in [-0.4, -0.2) is 9.97 Å². The van der Waals surface area contributed by atoms with Crippen molar-refractivity contribution in [1.29, 1.82) is 0 Å². The predicted molar refractivity (Wildman–Crippen MR) is 55.1 cm³/mol. The first-order valence-electron chi connectivity index (χ1n) is 3.79. The van der Waals surface area contributed by atoms with Crippen LogP contribution in [0.2, 0.25) is 5.15 Å². The fourth-order valence-electron chi connectivity index (χ4n) is 1.06. The Hall–Kier alpha value is -0.930. The topological polar surface area (TPSA) is 25.8 Å². The molecule has 2 rings (SSSR count). The van der Waals surface area contributed by atoms with Gasteiger partial charge in [-0.1, -0.05) is 11.6 Å². The number of aromatic nitrogens is 2. The summed E-state index contributed by atoms with van der Waals surface area (Å²) >= 11 is 7.26. The van der Waals surface area contributed by atoms with Gasteiger partial charge in [0.2, 0.25) is 0 Å². The zero-order chi connectivity index (χ0) is 9.26. The first-order valence-corrected chi connectivity index (χ1v) is 5.04. The molecule has 0 aliphatic heterocycles. The second-order valence-corrected chi connectivity index (χ2v) is 3.97. The normalized spacial score (nSPS) is 10.3. The van der Waals surface area contributed by atoms with Crippen molar-refractivity contribution in [2.45, 2.75) is 6.92 Å². The summed E-state index contributed by atoms with van der Waals surface area (Å²) in [5.41, 5.74) is 2.15. The fourth-order valence-corrected chi connectivity index (χ4v) is 1.99. The molecule has 0 saturated carbocycles. The van der Waals surface area contributed by atoms with Crippen LogP contribution in [0.3, 0.4) is 0 Å². The molecule has 0 bridgehead atoms. The number of pyridine rings is 1. The Balaban J connectivity index is 2.46. The maximum atomic E-state index is 5.73. The van der Waals surface area contributed by atoms with Crippen molar-refractivity contribution >= 4 is 22.9 Å². The average molecular weight is 211 g/mol. The van der Waals surface area contributed by atoms with Crippen molar-refractivity contribution in [3.05, 3.63) is 34.6 Å². The minimum atomic E-state index is 0.543. The molecular weight excluding hydrogens is 204 g/mol. The molecule has 13 heavy (non-hydrogen) atoms. The lowest BCUT2D eigenvalue weighted by Crippen LogP contribution is -1.80. The summed E-state index contributed by atoms with van der Waals surface area (Å²) in [5, 5.41) is 3.28. The van der Waals surface area contributed by atoms with Gasteiger partial charge in [-0.25, -0.2) is 4.98 Å². The van der Waals surface area contributed by atoms with Crippen LogP contribution in [0, 0.1) is 6.92 Å². The van der Waals surface area contributed by atoms with Crippen LogP contribution < -0.4 is 0 Å². The van der Waals surface area contributed by atoms with Crippen LogP contribution in [0.4, 0.5) is 0 Å². The molecule has 0 aliphatic carbocycles. The molecule has 2 nitrogen and oxygen atoms in total. The third kappa shape index (κ3) is 1.87. The van der Waals surface area contributed by atoms with Gasteiger partial charge in [0.1, 0.15) is 10.2 Å². The van der Waals surface area contributed by atoms with Gasteiger partial charge < -0.3 is 0 Å². The SMILES string of the molecule is Cc1cncc(-c2nc(Cl)cs2)c1. The fraction of sp³-hybridized carbons (Fsp3) is 0.111. The van der Waals surface area contributed by atoms with Crippen LogP contribution in [0.5, 0.6) is 0 Å². The van der Waals surface area contributed by atoms with E-state index in [1.54, 1.807) is 6.20 Å². The minimum absolute atomic E-state index is 0.543. The maximum absolute atomic E-state index is 5.73. The molecule has 0 saturated heterocycles. The van der Waals surface area contributed by atoms with Crippen molar-refractivity contribution in [2.75, 3.05) is 0 Å². The molecule has 0 atom stereocenters. The molecular formula is C9H7ClN2S. The molecule has 4 heteroatoms. The van der Waals surface area contributed by atoms with Crippen LogP contribution in [-0.2, 0) is 0 Å². The summed E-state index contributed by atoms with van der Waals surface area (Å²) in [6, 6.07) is 2.04. The van der Waals surface area contributed by atoms with Gasteiger partial charge in [0, 0.05) is 23.3 Å². The van der Waals surface area contributed by atoms with E-state index in [4.69, 9.17) is 11.6 Å². The Morgan fingerprint density at radius 3 is 2.85 bits per heavy atom. The van der Waals surface area contributed by atoms with E-state index in [9.17, 15) is 0 Å². The molecule has 0 aliphatic rings. The summed E-state index contributed by atoms with van der Waals surface area (Å²) in [6.07, 6.45) is 3.61. The first kappa shape index (κ1) is 8.66. The van der Waals surface area contributed by atoms with Gasteiger partial charge in [0.05, 0.1) is 0 Å². The number of rotatable bonds is 1. The lowest BCUT2D eigenvalue weighted by Gasteiger charge is -1.95. The number of hydrogen-bond donors (Lipinski definition) is 0. The highest BCUT2D eigenvalue weighted by molar-refractivity contribution is 7.13. The van der Waals surface area contributed by atoms with E-state index in [2.05, 4.69) is 9.97 Å². The molecule has 0 radical (unpaired) electrons. The third-order valence-corrected chi connectivity index (χ3v) is 2.81. The summed E-state index contributed by atoms with van der Waals surface area (Å²) in [5.74, 6) is 0. The Bertz CT molecular complexity index is 425. The molecule has 0 spiro atoms. The molecule has 2 aromatic rings. The van der Waals surface area contributed by atoms with Gasteiger partial charge in [-0.2, -0.15) is 0 Å². The van der Waals surface area contributed by atoms with E-state index in [1.165, 1.54) is 11.3 Å². The van der Waals surface area contributed by atoms with Crippen LogP contribution in [0.25, 0.3) is 10.6 Å². The number of thiazole rings is 1. The Morgan fingerprint density at radius 1 is 1.38 bits per heavy atom. The highest BCUT2D eigenvalue weighted by atomic mass is 35.5. The van der Waals surface area contributed by atoms with Crippen molar-refractivity contribution in [3.63, 3.8) is 0 Å². The smallest absolute Gasteiger partial charge is 0.140 e. The second-order valence-electron chi connectivity index (χ2n) is 2.73. The summed E-state index contributed by atoms with van der Waals surface area (Å²) in [6.45, 7) is 2.01. The predicted octanol–water partition coefficient (Wildman–Crippen LogP) is 3.17. The van der Waals surface area contributed by atoms with E-state index in [-0.39, 0.29) is 0 Å². The van der Waals surface area contributed by atoms with Gasteiger partial charge in [-0.05, 0) is 18.6 Å². The van der Waals surface area contributed by atoms with E-state index >= 15 is 0 Å². The van der Waals surface area contributed by atoms with Gasteiger partial charge in [-0.15, -0.1) is 11.3 Å². The van der Waals surface area contributed by atoms with Gasteiger partial charge in [-0.3, -0.25) is 4.98 Å². The first-order chi connectivity index (χ1) is 6.25. The number of hydrogen-bond acceptors (Lipinski definition) is 3. The molecule has 0 N–H and O–H groups in total. The molecule has 66 valence electrons. The zero-order valence-electron chi connectivity index (χ0n) is 6.99. The quantitative estimate of drug-likeness (QED) is 0.723.